The van der Waals surface area contributed by atoms with Gasteiger partial charge in [0.05, 0.1) is 12.3 Å². The van der Waals surface area contributed by atoms with Crippen molar-refractivity contribution in [3.8, 4) is 0 Å². The summed E-state index contributed by atoms with van der Waals surface area (Å²) in [6.45, 7) is 3.72. The largest absolute Gasteiger partial charge is 0.460 e. The second-order valence-electron chi connectivity index (χ2n) is 4.44. The fourth-order valence-corrected chi connectivity index (χ4v) is 2.32. The Labute approximate surface area is 93.1 Å². The van der Waals surface area contributed by atoms with Crippen LogP contribution in [0.5, 0.6) is 0 Å². The number of hydrogen-bond acceptors (Lipinski definition) is 5. The fraction of sp³-hybridized carbons (Fsp3) is 0.636. The van der Waals surface area contributed by atoms with Gasteiger partial charge >= 0.3 is 5.97 Å². The summed E-state index contributed by atoms with van der Waals surface area (Å²) in [5.41, 5.74) is 2.00. The molecular formula is C11H14N2O3. The summed E-state index contributed by atoms with van der Waals surface area (Å²) in [6, 6.07) is 0. The van der Waals surface area contributed by atoms with Crippen molar-refractivity contribution in [3.05, 3.63) is 17.0 Å². The van der Waals surface area contributed by atoms with E-state index in [0.29, 0.717) is 13.2 Å². The zero-order valence-electron chi connectivity index (χ0n) is 9.21. The van der Waals surface area contributed by atoms with Crippen LogP contribution >= 0.6 is 0 Å². The Morgan fingerprint density at radius 2 is 2.44 bits per heavy atom. The van der Waals surface area contributed by atoms with Crippen molar-refractivity contribution in [2.45, 2.75) is 31.7 Å². The van der Waals surface area contributed by atoms with Crippen LogP contribution in [0.25, 0.3) is 0 Å². The van der Waals surface area contributed by atoms with Gasteiger partial charge in [-0.15, -0.1) is 0 Å². The summed E-state index contributed by atoms with van der Waals surface area (Å²) in [7, 11) is 0. The maximum atomic E-state index is 11.6. The van der Waals surface area contributed by atoms with Gasteiger partial charge in [0.15, 0.2) is 0 Å². The molecule has 0 bridgehead atoms. The molecule has 0 radical (unpaired) electrons. The van der Waals surface area contributed by atoms with E-state index in [9.17, 15) is 4.79 Å². The van der Waals surface area contributed by atoms with Gasteiger partial charge in [-0.3, -0.25) is 0 Å². The zero-order chi connectivity index (χ0) is 11.2. The van der Waals surface area contributed by atoms with E-state index in [1.54, 1.807) is 6.92 Å². The second kappa shape index (κ2) is 3.31. The molecular weight excluding hydrogens is 208 g/mol. The molecule has 3 rings (SSSR count). The average Bonchev–Trinajstić information content (AvgIpc) is 2.90. The standard InChI is InChI=1S/C11H14N2O3/c1-2-15-10(14)8-7-5-12-6-11(3-4-11)9(7)13-16-8/h12H,2-6H2,1H3. The van der Waals surface area contributed by atoms with Crippen LogP contribution in [-0.2, 0) is 16.7 Å². The van der Waals surface area contributed by atoms with E-state index in [1.165, 1.54) is 0 Å². The van der Waals surface area contributed by atoms with Crippen LogP contribution in [0.4, 0.5) is 0 Å². The maximum Gasteiger partial charge on any atom is 0.377 e. The van der Waals surface area contributed by atoms with E-state index in [-0.39, 0.29) is 11.2 Å². The Kier molecular flexibility index (Phi) is 2.04. The first-order chi connectivity index (χ1) is 7.77. The minimum Gasteiger partial charge on any atom is -0.460 e. The molecule has 1 spiro atoms. The monoisotopic (exact) mass is 222 g/mol. The van der Waals surface area contributed by atoms with E-state index in [2.05, 4.69) is 10.5 Å². The molecule has 1 fully saturated rings. The lowest BCUT2D eigenvalue weighted by Crippen LogP contribution is -2.33. The maximum absolute atomic E-state index is 11.6. The zero-order valence-corrected chi connectivity index (χ0v) is 9.21. The number of hydrogen-bond donors (Lipinski definition) is 1. The van der Waals surface area contributed by atoms with Gasteiger partial charge in [0.2, 0.25) is 5.76 Å². The molecule has 1 aromatic rings. The lowest BCUT2D eigenvalue weighted by Gasteiger charge is -2.20. The first kappa shape index (κ1) is 9.84. The summed E-state index contributed by atoms with van der Waals surface area (Å²) in [5, 5.41) is 7.37. The Hall–Kier alpha value is -1.36. The number of nitrogens with zero attached hydrogens (tertiary/aromatic N) is 1. The molecule has 0 aromatic carbocycles. The minimum absolute atomic E-state index is 0.141. The molecule has 2 heterocycles. The molecule has 0 unspecified atom stereocenters. The van der Waals surface area contributed by atoms with E-state index >= 15 is 0 Å². The van der Waals surface area contributed by atoms with Gasteiger partial charge in [-0.1, -0.05) is 5.16 Å². The molecule has 1 aliphatic carbocycles. The first-order valence-electron chi connectivity index (χ1n) is 5.64. The van der Waals surface area contributed by atoms with Gasteiger partial charge in [0.1, 0.15) is 0 Å². The number of carbonyl (C=O) groups excluding carboxylic acids is 1. The van der Waals surface area contributed by atoms with Crippen LogP contribution in [0, 0.1) is 0 Å². The highest BCUT2D eigenvalue weighted by molar-refractivity contribution is 5.88. The number of carbonyl (C=O) groups is 1. The van der Waals surface area contributed by atoms with Crippen molar-refractivity contribution in [1.82, 2.24) is 10.5 Å². The summed E-state index contributed by atoms with van der Waals surface area (Å²) in [6.07, 6.45) is 2.25. The number of aromatic nitrogens is 1. The summed E-state index contributed by atoms with van der Waals surface area (Å²) >= 11 is 0. The van der Waals surface area contributed by atoms with Crippen molar-refractivity contribution < 1.29 is 14.1 Å². The second-order valence-corrected chi connectivity index (χ2v) is 4.44. The number of fused-ring (bicyclic) bond motifs is 2. The smallest absolute Gasteiger partial charge is 0.377 e. The number of nitrogens with one attached hydrogen (secondary N) is 1. The summed E-state index contributed by atoms with van der Waals surface area (Å²) in [5.74, 6) is -0.133. The quantitative estimate of drug-likeness (QED) is 0.756. The lowest BCUT2D eigenvalue weighted by molar-refractivity contribution is 0.0478. The molecule has 5 heteroatoms. The van der Waals surface area contributed by atoms with Crippen molar-refractivity contribution in [2.75, 3.05) is 13.2 Å². The van der Waals surface area contributed by atoms with Crippen molar-refractivity contribution in [3.63, 3.8) is 0 Å². The third kappa shape index (κ3) is 1.28. The van der Waals surface area contributed by atoms with E-state index in [1.807, 2.05) is 0 Å². The predicted octanol–water partition coefficient (Wildman–Crippen LogP) is 0.986. The Bertz CT molecular complexity index is 434. The van der Waals surface area contributed by atoms with Gasteiger partial charge in [0.25, 0.3) is 0 Å². The first-order valence-corrected chi connectivity index (χ1v) is 5.64. The molecule has 16 heavy (non-hydrogen) atoms. The molecule has 1 N–H and O–H groups in total. The minimum atomic E-state index is -0.407. The van der Waals surface area contributed by atoms with Crippen molar-refractivity contribution >= 4 is 5.97 Å². The highest BCUT2D eigenvalue weighted by Crippen LogP contribution is 2.50. The molecule has 1 saturated carbocycles. The SMILES string of the molecule is CCOC(=O)c1onc2c1CNCC21CC1. The van der Waals surface area contributed by atoms with Crippen LogP contribution in [0.15, 0.2) is 4.52 Å². The Morgan fingerprint density at radius 1 is 1.62 bits per heavy atom. The molecule has 0 amide bonds. The van der Waals surface area contributed by atoms with Crippen molar-refractivity contribution in [2.24, 2.45) is 0 Å². The van der Waals surface area contributed by atoms with E-state index in [4.69, 9.17) is 9.26 Å². The molecule has 1 aliphatic heterocycles. The number of rotatable bonds is 2. The number of esters is 1. The summed E-state index contributed by atoms with van der Waals surface area (Å²) in [4.78, 5) is 11.6. The molecule has 0 saturated heterocycles. The topological polar surface area (TPSA) is 64.4 Å². The van der Waals surface area contributed by atoms with Crippen LogP contribution in [0.2, 0.25) is 0 Å². The van der Waals surface area contributed by atoms with Crippen LogP contribution < -0.4 is 5.32 Å². The van der Waals surface area contributed by atoms with Gasteiger partial charge in [-0.25, -0.2) is 4.79 Å². The third-order valence-corrected chi connectivity index (χ3v) is 3.37. The average molecular weight is 222 g/mol. The highest BCUT2D eigenvalue weighted by Gasteiger charge is 2.51. The van der Waals surface area contributed by atoms with E-state index < -0.39 is 5.97 Å². The Balaban J connectivity index is 1.97. The van der Waals surface area contributed by atoms with E-state index in [0.717, 1.165) is 30.6 Å². The normalized spacial score (nSPS) is 20.6. The highest BCUT2D eigenvalue weighted by atomic mass is 16.6. The molecule has 1 aromatic heterocycles. The molecule has 2 aliphatic rings. The van der Waals surface area contributed by atoms with Gasteiger partial charge in [-0.2, -0.15) is 0 Å². The molecule has 0 atom stereocenters. The Morgan fingerprint density at radius 3 is 3.12 bits per heavy atom. The van der Waals surface area contributed by atoms with Crippen LogP contribution in [0.3, 0.4) is 0 Å². The fourth-order valence-electron chi connectivity index (χ4n) is 2.32. The number of ether oxygens (including phenoxy) is 1. The van der Waals surface area contributed by atoms with Gasteiger partial charge < -0.3 is 14.6 Å². The van der Waals surface area contributed by atoms with Crippen LogP contribution in [0.1, 0.15) is 41.6 Å². The third-order valence-electron chi connectivity index (χ3n) is 3.37. The summed E-state index contributed by atoms with van der Waals surface area (Å²) < 4.78 is 10.1. The predicted molar refractivity (Wildman–Crippen MR) is 55.1 cm³/mol. The molecule has 86 valence electrons. The lowest BCUT2D eigenvalue weighted by atomic mass is 9.94. The van der Waals surface area contributed by atoms with Gasteiger partial charge in [-0.05, 0) is 19.8 Å². The van der Waals surface area contributed by atoms with Crippen molar-refractivity contribution in [1.29, 1.82) is 0 Å². The van der Waals surface area contributed by atoms with Crippen LogP contribution in [-0.4, -0.2) is 24.3 Å². The van der Waals surface area contributed by atoms with Gasteiger partial charge in [0, 0.05) is 24.1 Å². The molecule has 5 nitrogen and oxygen atoms in total.